The number of hydrogen-bond donors (Lipinski definition) is 2. The first-order chi connectivity index (χ1) is 10.6. The number of nitrogens with one attached hydrogen (secondary N) is 2. The lowest BCUT2D eigenvalue weighted by Crippen LogP contribution is -2.38. The van der Waals surface area contributed by atoms with Gasteiger partial charge < -0.3 is 10.6 Å². The molecule has 0 spiro atoms. The summed E-state index contributed by atoms with van der Waals surface area (Å²) in [6, 6.07) is 9.19. The molecule has 0 bridgehead atoms. The largest absolute Gasteiger partial charge is 0.345 e. The molecular weight excluding hydrogens is 282 g/mol. The molecule has 7 nitrogen and oxygen atoms in total. The Morgan fingerprint density at radius 3 is 2.73 bits per heavy atom. The average molecular weight is 301 g/mol. The summed E-state index contributed by atoms with van der Waals surface area (Å²) >= 11 is 0. The Morgan fingerprint density at radius 2 is 2.05 bits per heavy atom. The number of amides is 2. The summed E-state index contributed by atoms with van der Waals surface area (Å²) in [4.78, 5) is 23.5. The number of rotatable bonds is 6. The smallest absolute Gasteiger partial charge is 0.336 e. The summed E-state index contributed by atoms with van der Waals surface area (Å²) in [5.41, 5.74) is 0.657. The Hall–Kier alpha value is -2.83. The Bertz CT molecular complexity index is 702. The third-order valence-corrected chi connectivity index (χ3v) is 3.09. The van der Waals surface area contributed by atoms with Crippen molar-refractivity contribution in [1.82, 2.24) is 25.0 Å². The number of hydrogen-bond acceptors (Lipinski definition) is 3. The molecule has 0 aliphatic carbocycles. The molecule has 22 heavy (non-hydrogen) atoms. The standard InChI is InChI=1S/C15H19N5O2/c1-3-9-16-14(21)17-10-11-20-15(22)19(2)13(18-20)12-7-5-4-6-8-12/h3-8H,1,9-11H2,2H3,(H2,16,17,21). The molecule has 0 aliphatic heterocycles. The molecule has 0 aliphatic rings. The van der Waals surface area contributed by atoms with Crippen molar-refractivity contribution in [1.29, 1.82) is 0 Å². The van der Waals surface area contributed by atoms with E-state index in [9.17, 15) is 9.59 Å². The molecule has 2 amide bonds. The summed E-state index contributed by atoms with van der Waals surface area (Å²) in [5.74, 6) is 0.599. The highest BCUT2D eigenvalue weighted by Crippen LogP contribution is 2.13. The predicted molar refractivity (Wildman–Crippen MR) is 84.5 cm³/mol. The van der Waals surface area contributed by atoms with Crippen LogP contribution in [0.25, 0.3) is 11.4 Å². The monoisotopic (exact) mass is 301 g/mol. The van der Waals surface area contributed by atoms with E-state index >= 15 is 0 Å². The van der Waals surface area contributed by atoms with Crippen LogP contribution in [0.5, 0.6) is 0 Å². The van der Waals surface area contributed by atoms with E-state index in [0.717, 1.165) is 5.56 Å². The van der Waals surface area contributed by atoms with Crippen LogP contribution in [0.15, 0.2) is 47.8 Å². The molecule has 0 radical (unpaired) electrons. The van der Waals surface area contributed by atoms with Crippen LogP contribution in [0.3, 0.4) is 0 Å². The highest BCUT2D eigenvalue weighted by molar-refractivity contribution is 5.73. The molecule has 0 saturated heterocycles. The molecule has 1 heterocycles. The molecular formula is C15H19N5O2. The minimum atomic E-state index is -0.299. The third kappa shape index (κ3) is 3.63. The quantitative estimate of drug-likeness (QED) is 0.772. The van der Waals surface area contributed by atoms with Crippen molar-refractivity contribution in [2.24, 2.45) is 7.05 Å². The Morgan fingerprint density at radius 1 is 1.32 bits per heavy atom. The van der Waals surface area contributed by atoms with Crippen LogP contribution >= 0.6 is 0 Å². The number of urea groups is 1. The summed E-state index contributed by atoms with van der Waals surface area (Å²) in [6.45, 7) is 4.53. The van der Waals surface area contributed by atoms with E-state index in [2.05, 4.69) is 22.3 Å². The maximum Gasteiger partial charge on any atom is 0.345 e. The molecule has 0 fully saturated rings. The lowest BCUT2D eigenvalue weighted by Gasteiger charge is -2.05. The molecule has 7 heteroatoms. The van der Waals surface area contributed by atoms with Gasteiger partial charge in [-0.05, 0) is 0 Å². The van der Waals surface area contributed by atoms with Crippen LogP contribution in [-0.2, 0) is 13.6 Å². The van der Waals surface area contributed by atoms with Gasteiger partial charge in [0.25, 0.3) is 0 Å². The second kappa shape index (κ2) is 7.26. The summed E-state index contributed by atoms with van der Waals surface area (Å²) in [6.07, 6.45) is 1.59. The van der Waals surface area contributed by atoms with E-state index in [-0.39, 0.29) is 11.7 Å². The second-order valence-corrected chi connectivity index (χ2v) is 4.68. The number of carbonyl (C=O) groups is 1. The fourth-order valence-corrected chi connectivity index (χ4v) is 1.97. The third-order valence-electron chi connectivity index (χ3n) is 3.09. The second-order valence-electron chi connectivity index (χ2n) is 4.68. The average Bonchev–Trinajstić information content (AvgIpc) is 2.82. The van der Waals surface area contributed by atoms with Crippen LogP contribution in [0.1, 0.15) is 0 Å². The Labute approximate surface area is 128 Å². The van der Waals surface area contributed by atoms with Gasteiger partial charge in [-0.25, -0.2) is 14.3 Å². The van der Waals surface area contributed by atoms with Crippen molar-refractivity contribution in [3.8, 4) is 11.4 Å². The van der Waals surface area contributed by atoms with Crippen LogP contribution in [0, 0.1) is 0 Å². The predicted octanol–water partition coefficient (Wildman–Crippen LogP) is 0.734. The maximum atomic E-state index is 12.1. The molecule has 116 valence electrons. The summed E-state index contributed by atoms with van der Waals surface area (Å²) < 4.78 is 2.84. The van der Waals surface area contributed by atoms with Gasteiger partial charge in [0.2, 0.25) is 0 Å². The number of carbonyl (C=O) groups excluding carboxylic acids is 1. The van der Waals surface area contributed by atoms with E-state index in [0.29, 0.717) is 25.5 Å². The van der Waals surface area contributed by atoms with Gasteiger partial charge in [0, 0.05) is 25.7 Å². The molecule has 1 aromatic heterocycles. The van der Waals surface area contributed by atoms with E-state index in [1.54, 1.807) is 13.1 Å². The van der Waals surface area contributed by atoms with Gasteiger partial charge in [-0.15, -0.1) is 11.7 Å². The van der Waals surface area contributed by atoms with Crippen LogP contribution < -0.4 is 16.3 Å². The van der Waals surface area contributed by atoms with Crippen molar-refractivity contribution in [2.45, 2.75) is 6.54 Å². The number of benzene rings is 1. The SMILES string of the molecule is C=CCNC(=O)NCCn1nc(-c2ccccc2)n(C)c1=O. The zero-order valence-corrected chi connectivity index (χ0v) is 12.5. The van der Waals surface area contributed by atoms with E-state index < -0.39 is 0 Å². The van der Waals surface area contributed by atoms with Crippen LogP contribution in [-0.4, -0.2) is 33.5 Å². The van der Waals surface area contributed by atoms with E-state index in [4.69, 9.17) is 0 Å². The van der Waals surface area contributed by atoms with Gasteiger partial charge in [0.15, 0.2) is 5.82 Å². The molecule has 2 rings (SSSR count). The first-order valence-corrected chi connectivity index (χ1v) is 6.95. The lowest BCUT2D eigenvalue weighted by molar-refractivity contribution is 0.241. The normalized spacial score (nSPS) is 10.2. The molecule has 0 saturated carbocycles. The Balaban J connectivity index is 2.03. The highest BCUT2D eigenvalue weighted by atomic mass is 16.2. The lowest BCUT2D eigenvalue weighted by atomic mass is 10.2. The number of aromatic nitrogens is 3. The first-order valence-electron chi connectivity index (χ1n) is 6.95. The zero-order chi connectivity index (χ0) is 15.9. The fourth-order valence-electron chi connectivity index (χ4n) is 1.97. The van der Waals surface area contributed by atoms with Crippen molar-refractivity contribution >= 4 is 6.03 Å². The minimum absolute atomic E-state index is 0.216. The van der Waals surface area contributed by atoms with Gasteiger partial charge in [0.1, 0.15) is 0 Å². The van der Waals surface area contributed by atoms with Gasteiger partial charge in [-0.3, -0.25) is 4.57 Å². The van der Waals surface area contributed by atoms with Crippen molar-refractivity contribution in [3.63, 3.8) is 0 Å². The van der Waals surface area contributed by atoms with Crippen LogP contribution in [0.2, 0.25) is 0 Å². The summed E-state index contributed by atoms with van der Waals surface area (Å²) in [7, 11) is 1.68. The fraction of sp³-hybridized carbons (Fsp3) is 0.267. The highest BCUT2D eigenvalue weighted by Gasteiger charge is 2.11. The molecule has 1 aromatic carbocycles. The minimum Gasteiger partial charge on any atom is -0.336 e. The molecule has 0 atom stereocenters. The zero-order valence-electron chi connectivity index (χ0n) is 12.5. The Kier molecular flexibility index (Phi) is 5.13. The van der Waals surface area contributed by atoms with Gasteiger partial charge in [-0.2, -0.15) is 0 Å². The maximum absolute atomic E-state index is 12.1. The van der Waals surface area contributed by atoms with Crippen molar-refractivity contribution < 1.29 is 4.79 Å². The number of nitrogens with zero attached hydrogens (tertiary/aromatic N) is 3. The summed E-state index contributed by atoms with van der Waals surface area (Å²) in [5, 5.41) is 9.57. The molecule has 2 aromatic rings. The van der Waals surface area contributed by atoms with Crippen molar-refractivity contribution in [2.75, 3.05) is 13.1 Å². The van der Waals surface area contributed by atoms with Crippen LogP contribution in [0.4, 0.5) is 4.79 Å². The molecule has 2 N–H and O–H groups in total. The van der Waals surface area contributed by atoms with Gasteiger partial charge in [-0.1, -0.05) is 36.4 Å². The topological polar surface area (TPSA) is 81.0 Å². The van der Waals surface area contributed by atoms with E-state index in [1.165, 1.54) is 9.25 Å². The first kappa shape index (κ1) is 15.6. The van der Waals surface area contributed by atoms with Gasteiger partial charge in [0.05, 0.1) is 6.54 Å². The van der Waals surface area contributed by atoms with Gasteiger partial charge >= 0.3 is 11.7 Å². The van der Waals surface area contributed by atoms with E-state index in [1.807, 2.05) is 30.3 Å². The van der Waals surface area contributed by atoms with Crippen molar-refractivity contribution in [3.05, 3.63) is 53.5 Å². The molecule has 0 unspecified atom stereocenters.